The third kappa shape index (κ3) is 19.7. The molecule has 10 atom stereocenters. The number of alkyl halides is 3. The summed E-state index contributed by atoms with van der Waals surface area (Å²) in [6.45, 7) is 17.8. The highest BCUT2D eigenvalue weighted by Crippen LogP contribution is 2.31. The summed E-state index contributed by atoms with van der Waals surface area (Å²) in [7, 11) is 3.02. The van der Waals surface area contributed by atoms with Gasteiger partial charge in [-0.1, -0.05) is 123 Å². The summed E-state index contributed by atoms with van der Waals surface area (Å²) < 4.78 is 19.9. The maximum absolute atomic E-state index is 13.7. The molecule has 4 aromatic rings. The Balaban J connectivity index is 0.000000289. The SMILES string of the molecule is COC[C@@](C)(/C=C/c1ccc2ccc([C@@H](C)O)nc2c1)C(=O)N[C@H](C(=O)N[C@@H](C)C(=O)N1CCC[C@@H](C(=O)OCC(Cl)(Cl)Cl)N1)C(C)C.COC[C@@]1(C)/C=C/c2ccc3ccc(nc3c2)[C@@H](C)OC(=O)[C@@H]2CCCN(N2)C(=O)[C@H](C)NC(=O)[C@H](C(C)C)CC1=O. The summed E-state index contributed by atoms with van der Waals surface area (Å²) in [6, 6.07) is 14.5. The number of halogens is 3. The molecule has 490 valence electrons. The van der Waals surface area contributed by atoms with Crippen molar-refractivity contribution in [3.05, 3.63) is 95.3 Å². The van der Waals surface area contributed by atoms with E-state index in [0.29, 0.717) is 55.7 Å². The topological polar surface area (TPSA) is 286 Å². The van der Waals surface area contributed by atoms with Crippen molar-refractivity contribution in [2.75, 3.05) is 47.1 Å². The van der Waals surface area contributed by atoms with Gasteiger partial charge < -0.3 is 40.0 Å². The van der Waals surface area contributed by atoms with Crippen LogP contribution in [0, 0.1) is 28.6 Å². The Hall–Kier alpha value is -6.63. The van der Waals surface area contributed by atoms with Gasteiger partial charge in [-0.2, -0.15) is 0 Å². The number of nitrogens with zero attached hydrogens (tertiary/aromatic N) is 4. The fraction of sp³-hybridized carbons (Fsp3) is 0.538. The number of benzene rings is 2. The molecule has 2 fully saturated rings. The molecule has 0 spiro atoms. The second kappa shape index (κ2) is 32.1. The number of aliphatic hydroxyl groups excluding tert-OH is 1. The molecule has 5 amide bonds. The number of fused-ring (bicyclic) bond motifs is 5. The van der Waals surface area contributed by atoms with E-state index < -0.39 is 99.2 Å². The van der Waals surface area contributed by atoms with Gasteiger partial charge in [0.05, 0.1) is 52.6 Å². The lowest BCUT2D eigenvalue weighted by Crippen LogP contribution is -2.61. The minimum absolute atomic E-state index is 0.00891. The predicted octanol–water partition coefficient (Wildman–Crippen LogP) is 7.76. The van der Waals surface area contributed by atoms with Gasteiger partial charge in [-0.25, -0.2) is 15.8 Å². The zero-order chi connectivity index (χ0) is 66.4. The van der Waals surface area contributed by atoms with Crippen LogP contribution < -0.4 is 26.8 Å². The average Bonchev–Trinajstić information content (AvgIpc) is 1.10. The molecule has 3 aliphatic rings. The Morgan fingerprint density at radius 1 is 0.856 bits per heavy atom. The summed E-state index contributed by atoms with van der Waals surface area (Å²) in [4.78, 5) is 116. The summed E-state index contributed by atoms with van der Waals surface area (Å²) in [5.74, 6) is -4.61. The van der Waals surface area contributed by atoms with Gasteiger partial charge in [0.15, 0.2) is 0 Å². The van der Waals surface area contributed by atoms with Crippen LogP contribution in [0.15, 0.2) is 72.8 Å². The molecule has 2 aromatic carbocycles. The van der Waals surface area contributed by atoms with Crippen molar-refractivity contribution in [2.45, 2.75) is 148 Å². The molecular formula is C65H86Cl3N9O13. The number of cyclic esters (lactones) is 1. The molecule has 0 saturated carbocycles. The highest BCUT2D eigenvalue weighted by Gasteiger charge is 2.40. The molecule has 0 aliphatic carbocycles. The molecule has 6 N–H and O–H groups in total. The maximum Gasteiger partial charge on any atom is 0.325 e. The van der Waals surface area contributed by atoms with Crippen molar-refractivity contribution in [3.8, 4) is 0 Å². The third-order valence-corrected chi connectivity index (χ3v) is 16.4. The fourth-order valence-corrected chi connectivity index (χ4v) is 10.6. The Bertz CT molecular complexity index is 3300. The molecule has 0 unspecified atom stereocenters. The highest BCUT2D eigenvalue weighted by molar-refractivity contribution is 6.67. The maximum atomic E-state index is 13.7. The first-order valence-electron chi connectivity index (χ1n) is 30.3. The third-order valence-electron chi connectivity index (χ3n) is 16.0. The first-order chi connectivity index (χ1) is 42.3. The lowest BCUT2D eigenvalue weighted by molar-refractivity contribution is -0.157. The van der Waals surface area contributed by atoms with E-state index in [-0.39, 0.29) is 49.1 Å². The van der Waals surface area contributed by atoms with E-state index in [0.717, 1.165) is 27.4 Å². The normalized spacial score (nSPS) is 23.5. The Morgan fingerprint density at radius 2 is 1.52 bits per heavy atom. The number of hydrogen-bond acceptors (Lipinski definition) is 17. The van der Waals surface area contributed by atoms with Crippen LogP contribution in [0.2, 0.25) is 0 Å². The van der Waals surface area contributed by atoms with Crippen molar-refractivity contribution in [1.82, 2.24) is 46.8 Å². The fourth-order valence-electron chi connectivity index (χ4n) is 10.5. The lowest BCUT2D eigenvalue weighted by atomic mass is 9.78. The number of Topliss-reactive ketones (excluding diaryl/α,β-unsaturated/α-hetero) is 1. The van der Waals surface area contributed by atoms with Gasteiger partial charge >= 0.3 is 11.9 Å². The Morgan fingerprint density at radius 3 is 2.18 bits per heavy atom. The molecule has 7 rings (SSSR count). The number of methoxy groups -OCH3 is 2. The van der Waals surface area contributed by atoms with E-state index >= 15 is 0 Å². The first-order valence-corrected chi connectivity index (χ1v) is 31.4. The number of hydrazine groups is 2. The van der Waals surface area contributed by atoms with Crippen LogP contribution in [0.3, 0.4) is 0 Å². The van der Waals surface area contributed by atoms with E-state index in [1.165, 1.54) is 24.1 Å². The lowest BCUT2D eigenvalue weighted by Gasteiger charge is -2.35. The number of aliphatic hydroxyl groups is 1. The van der Waals surface area contributed by atoms with E-state index in [1.54, 1.807) is 73.8 Å². The Labute approximate surface area is 541 Å². The monoisotopic (exact) mass is 1310 g/mol. The quantitative estimate of drug-likeness (QED) is 0.0461. The highest BCUT2D eigenvalue weighted by atomic mass is 35.6. The molecule has 3 aliphatic heterocycles. The summed E-state index contributed by atoms with van der Waals surface area (Å²) in [5, 5.41) is 22.7. The largest absolute Gasteiger partial charge is 0.460 e. The van der Waals surface area contributed by atoms with Crippen molar-refractivity contribution < 1.29 is 62.4 Å². The number of rotatable bonds is 16. The number of carbonyl (C=O) groups is 8. The van der Waals surface area contributed by atoms with Gasteiger partial charge in [0.1, 0.15) is 48.7 Å². The van der Waals surface area contributed by atoms with Gasteiger partial charge in [-0.05, 0) is 114 Å². The molecule has 5 bridgehead atoms. The van der Waals surface area contributed by atoms with Crippen LogP contribution >= 0.6 is 34.8 Å². The molecule has 2 saturated heterocycles. The molecule has 2 aromatic heterocycles. The minimum atomic E-state index is -1.77. The molecule has 5 heterocycles. The van der Waals surface area contributed by atoms with Crippen molar-refractivity contribution >= 4 is 116 Å². The molecule has 0 radical (unpaired) electrons. The number of amides is 5. The van der Waals surface area contributed by atoms with Gasteiger partial charge in [0.25, 0.3) is 11.8 Å². The zero-order valence-electron chi connectivity index (χ0n) is 53.2. The van der Waals surface area contributed by atoms with Crippen molar-refractivity contribution in [1.29, 1.82) is 0 Å². The number of hydrogen-bond donors (Lipinski definition) is 6. The second-order valence-corrected chi connectivity index (χ2v) is 27.0. The predicted molar refractivity (Wildman–Crippen MR) is 344 cm³/mol. The van der Waals surface area contributed by atoms with Crippen LogP contribution in [-0.4, -0.2) is 153 Å². The van der Waals surface area contributed by atoms with Crippen LogP contribution in [0.1, 0.15) is 136 Å². The number of aromatic nitrogens is 2. The summed E-state index contributed by atoms with van der Waals surface area (Å²) in [5.41, 5.74) is 7.87. The molecule has 90 heavy (non-hydrogen) atoms. The van der Waals surface area contributed by atoms with E-state index in [4.69, 9.17) is 58.7 Å². The number of esters is 2. The number of nitrogens with one attached hydrogen (secondary N) is 5. The van der Waals surface area contributed by atoms with Crippen LogP contribution in [0.25, 0.3) is 34.0 Å². The molecular weight excluding hydrogens is 1220 g/mol. The van der Waals surface area contributed by atoms with Crippen LogP contribution in [0.4, 0.5) is 0 Å². The van der Waals surface area contributed by atoms with Crippen molar-refractivity contribution in [3.63, 3.8) is 0 Å². The summed E-state index contributed by atoms with van der Waals surface area (Å²) in [6.07, 6.45) is 7.86. The number of pyridine rings is 2. The average molecular weight is 1310 g/mol. The van der Waals surface area contributed by atoms with Gasteiger partial charge in [0, 0.05) is 50.4 Å². The van der Waals surface area contributed by atoms with Gasteiger partial charge in [-0.3, -0.25) is 53.4 Å². The second-order valence-electron chi connectivity index (χ2n) is 24.5. The summed E-state index contributed by atoms with van der Waals surface area (Å²) >= 11 is 17.0. The number of ketones is 1. The number of carbonyl (C=O) groups excluding carboxylic acids is 8. The standard InChI is InChI=1S/C33H44Cl3N5O7.C32H42N4O6/c1-19(2)27(28(43)37-20(3)29(44)41-15-7-8-25(40-41)30(45)48-18-33(34,35)36)39-31(46)32(5,17-47-6)14-13-22-9-10-23-11-12-24(21(4)42)38-26(23)16-22;1-19(2)24-17-28(37)32(5,18-41-6)14-13-22-9-10-23-11-12-25(34-27(23)16-22)21(4)42-31(40)26-8-7-15-36(35-26)30(39)20(3)33-29(24)38/h9-14,16,19-21,25,27,40,42H,7-8,15,17-18H2,1-6H3,(H,37,43)(H,39,46);9-14,16,19-21,24,26,35H,7-8,15,17-18H2,1-6H3,(H,33,38)/b2*14-13+/t20-,21+,25-,27-,32+;20-,21+,24-,26-,32+/m00/s1. The van der Waals surface area contributed by atoms with E-state index in [1.807, 2.05) is 80.6 Å². The van der Waals surface area contributed by atoms with Crippen molar-refractivity contribution in [2.24, 2.45) is 28.6 Å². The van der Waals surface area contributed by atoms with E-state index in [2.05, 4.69) is 31.8 Å². The Kier molecular flexibility index (Phi) is 25.8. The van der Waals surface area contributed by atoms with E-state index in [9.17, 15) is 43.5 Å². The van der Waals surface area contributed by atoms with Gasteiger partial charge in [0.2, 0.25) is 21.5 Å². The van der Waals surface area contributed by atoms with Gasteiger partial charge in [-0.15, -0.1) is 0 Å². The smallest absolute Gasteiger partial charge is 0.325 e. The molecule has 25 heteroatoms. The van der Waals surface area contributed by atoms with Crippen LogP contribution in [0.5, 0.6) is 0 Å². The minimum Gasteiger partial charge on any atom is -0.460 e. The number of ether oxygens (including phenoxy) is 4. The first kappa shape index (κ1) is 72.4. The molecule has 22 nitrogen and oxygen atoms in total. The zero-order valence-corrected chi connectivity index (χ0v) is 55.5. The van der Waals surface area contributed by atoms with Crippen LogP contribution in [-0.2, 0) is 57.3 Å².